The van der Waals surface area contributed by atoms with E-state index in [9.17, 15) is 9.18 Å². The van der Waals surface area contributed by atoms with Crippen molar-refractivity contribution in [3.05, 3.63) is 65.7 Å². The Morgan fingerprint density at radius 3 is 2.64 bits per heavy atom. The van der Waals surface area contributed by atoms with Crippen molar-refractivity contribution in [1.82, 2.24) is 20.1 Å². The summed E-state index contributed by atoms with van der Waals surface area (Å²) in [6, 6.07) is 13.4. The molecule has 3 heterocycles. The van der Waals surface area contributed by atoms with Crippen LogP contribution in [-0.4, -0.2) is 45.2 Å². The second-order valence-electron chi connectivity index (χ2n) is 6.90. The molecule has 1 saturated heterocycles. The molecule has 28 heavy (non-hydrogen) atoms. The number of hydrogen-bond donors (Lipinski definition) is 1. The van der Waals surface area contributed by atoms with Gasteiger partial charge in [0.15, 0.2) is 0 Å². The number of pyridine rings is 1. The number of rotatable bonds is 4. The molecular weight excluding hydrogens is 359 g/mol. The van der Waals surface area contributed by atoms with E-state index in [4.69, 9.17) is 4.74 Å². The Morgan fingerprint density at radius 2 is 1.93 bits per heavy atom. The fourth-order valence-electron chi connectivity index (χ4n) is 3.30. The molecule has 2 aromatic heterocycles. The van der Waals surface area contributed by atoms with Crippen molar-refractivity contribution in [2.45, 2.75) is 25.9 Å². The van der Waals surface area contributed by atoms with E-state index in [1.54, 1.807) is 23.1 Å². The van der Waals surface area contributed by atoms with Gasteiger partial charge in [-0.1, -0.05) is 6.07 Å². The quantitative estimate of drug-likeness (QED) is 0.751. The van der Waals surface area contributed by atoms with E-state index in [2.05, 4.69) is 15.2 Å². The minimum atomic E-state index is -0.304. The lowest BCUT2D eigenvalue weighted by molar-refractivity contribution is 0.0582. The van der Waals surface area contributed by atoms with E-state index in [-0.39, 0.29) is 17.8 Å². The van der Waals surface area contributed by atoms with Crippen molar-refractivity contribution in [3.8, 4) is 17.1 Å². The van der Waals surface area contributed by atoms with E-state index >= 15 is 0 Å². The van der Waals surface area contributed by atoms with Gasteiger partial charge in [0.2, 0.25) is 5.88 Å². The maximum Gasteiger partial charge on any atom is 0.271 e. The van der Waals surface area contributed by atoms with Crippen molar-refractivity contribution in [2.75, 3.05) is 13.1 Å². The molecule has 1 aliphatic heterocycles. The van der Waals surface area contributed by atoms with Crippen molar-refractivity contribution >= 4 is 5.91 Å². The SMILES string of the molecule is Cc1cccc(OC2CCN(C(=O)c3cc(-c4ccc(F)cc4)n[nH]3)CC2)n1. The smallest absolute Gasteiger partial charge is 0.271 e. The molecule has 0 bridgehead atoms. The van der Waals surface area contributed by atoms with Crippen LogP contribution in [0, 0.1) is 12.7 Å². The van der Waals surface area contributed by atoms with Crippen LogP contribution in [0.25, 0.3) is 11.3 Å². The first kappa shape index (κ1) is 18.2. The fraction of sp³-hybridized carbons (Fsp3) is 0.286. The molecule has 4 rings (SSSR count). The summed E-state index contributed by atoms with van der Waals surface area (Å²) in [7, 11) is 0. The predicted octanol–water partition coefficient (Wildman–Crippen LogP) is 3.60. The number of hydrogen-bond acceptors (Lipinski definition) is 4. The fourth-order valence-corrected chi connectivity index (χ4v) is 3.30. The maximum absolute atomic E-state index is 13.1. The average Bonchev–Trinajstić information content (AvgIpc) is 3.19. The lowest BCUT2D eigenvalue weighted by Crippen LogP contribution is -2.42. The number of carbonyl (C=O) groups excluding carboxylic acids is 1. The average molecular weight is 380 g/mol. The molecule has 0 atom stereocenters. The molecule has 144 valence electrons. The number of aryl methyl sites for hydroxylation is 1. The zero-order valence-electron chi connectivity index (χ0n) is 15.6. The number of benzene rings is 1. The Balaban J connectivity index is 1.36. The standard InChI is InChI=1S/C21H21FN4O2/c1-14-3-2-4-20(23-14)28-17-9-11-26(12-10-17)21(27)19-13-18(24-25-19)15-5-7-16(22)8-6-15/h2-8,13,17H,9-12H2,1H3,(H,24,25). The number of aromatic amines is 1. The summed E-state index contributed by atoms with van der Waals surface area (Å²) in [5.74, 6) is 0.233. The topological polar surface area (TPSA) is 71.1 Å². The zero-order valence-corrected chi connectivity index (χ0v) is 15.6. The minimum absolute atomic E-state index is 0.0508. The molecule has 0 aliphatic carbocycles. The Hall–Kier alpha value is -3.22. The predicted molar refractivity (Wildman–Crippen MR) is 103 cm³/mol. The van der Waals surface area contributed by atoms with Crippen LogP contribution in [0.1, 0.15) is 29.0 Å². The van der Waals surface area contributed by atoms with Gasteiger partial charge in [0.05, 0.1) is 5.69 Å². The van der Waals surface area contributed by atoms with E-state index in [0.717, 1.165) is 24.1 Å². The summed E-state index contributed by atoms with van der Waals surface area (Å²) in [6.07, 6.45) is 1.55. The first-order chi connectivity index (χ1) is 13.6. The number of nitrogens with one attached hydrogen (secondary N) is 1. The number of H-pyrrole nitrogens is 1. The van der Waals surface area contributed by atoms with Crippen LogP contribution < -0.4 is 4.74 Å². The number of nitrogens with zero attached hydrogens (tertiary/aromatic N) is 3. The van der Waals surface area contributed by atoms with Gasteiger partial charge >= 0.3 is 0 Å². The Morgan fingerprint density at radius 1 is 1.18 bits per heavy atom. The highest BCUT2D eigenvalue weighted by molar-refractivity contribution is 5.93. The van der Waals surface area contributed by atoms with Crippen LogP contribution >= 0.6 is 0 Å². The lowest BCUT2D eigenvalue weighted by atomic mass is 10.1. The van der Waals surface area contributed by atoms with Gasteiger partial charge < -0.3 is 9.64 Å². The molecular formula is C21H21FN4O2. The third kappa shape index (κ3) is 4.03. The molecule has 0 saturated carbocycles. The number of piperidine rings is 1. The molecule has 1 amide bonds. The highest BCUT2D eigenvalue weighted by atomic mass is 19.1. The van der Waals surface area contributed by atoms with E-state index < -0.39 is 0 Å². The zero-order chi connectivity index (χ0) is 19.5. The summed E-state index contributed by atoms with van der Waals surface area (Å²) < 4.78 is 19.0. The number of ether oxygens (including phenoxy) is 1. The van der Waals surface area contributed by atoms with Crippen LogP contribution in [0.3, 0.4) is 0 Å². The van der Waals surface area contributed by atoms with Crippen molar-refractivity contribution in [3.63, 3.8) is 0 Å². The molecule has 1 fully saturated rings. The highest BCUT2D eigenvalue weighted by Crippen LogP contribution is 2.21. The van der Waals surface area contributed by atoms with Gasteiger partial charge in [-0.2, -0.15) is 5.10 Å². The molecule has 1 aliphatic rings. The first-order valence-electron chi connectivity index (χ1n) is 9.29. The van der Waals surface area contributed by atoms with Crippen molar-refractivity contribution < 1.29 is 13.9 Å². The van der Waals surface area contributed by atoms with Crippen molar-refractivity contribution in [1.29, 1.82) is 0 Å². The van der Waals surface area contributed by atoms with E-state index in [1.165, 1.54) is 12.1 Å². The number of aromatic nitrogens is 3. The minimum Gasteiger partial charge on any atom is -0.474 e. The van der Waals surface area contributed by atoms with Gasteiger partial charge in [-0.05, 0) is 43.3 Å². The second-order valence-corrected chi connectivity index (χ2v) is 6.90. The third-order valence-electron chi connectivity index (χ3n) is 4.83. The highest BCUT2D eigenvalue weighted by Gasteiger charge is 2.26. The summed E-state index contributed by atoms with van der Waals surface area (Å²) in [6.45, 7) is 3.15. The van der Waals surface area contributed by atoms with Crippen LogP contribution in [0.15, 0.2) is 48.5 Å². The first-order valence-corrected chi connectivity index (χ1v) is 9.29. The maximum atomic E-state index is 13.1. The summed E-state index contributed by atoms with van der Waals surface area (Å²) in [5.41, 5.74) is 2.72. The van der Waals surface area contributed by atoms with Gasteiger partial charge in [-0.15, -0.1) is 0 Å². The Labute approximate surface area is 162 Å². The third-order valence-corrected chi connectivity index (χ3v) is 4.83. The van der Waals surface area contributed by atoms with Gasteiger partial charge in [-0.25, -0.2) is 9.37 Å². The Bertz CT molecular complexity index is 963. The molecule has 0 spiro atoms. The number of amides is 1. The summed E-state index contributed by atoms with van der Waals surface area (Å²) >= 11 is 0. The molecule has 7 heteroatoms. The summed E-state index contributed by atoms with van der Waals surface area (Å²) in [5, 5.41) is 6.98. The molecule has 6 nitrogen and oxygen atoms in total. The largest absolute Gasteiger partial charge is 0.474 e. The van der Waals surface area contributed by atoms with Crippen molar-refractivity contribution in [2.24, 2.45) is 0 Å². The van der Waals surface area contributed by atoms with Crippen LogP contribution in [-0.2, 0) is 0 Å². The molecule has 1 aromatic carbocycles. The molecule has 0 unspecified atom stereocenters. The normalized spacial score (nSPS) is 14.9. The van der Waals surface area contributed by atoms with E-state index in [0.29, 0.717) is 30.4 Å². The van der Waals surface area contributed by atoms with E-state index in [1.807, 2.05) is 25.1 Å². The van der Waals surface area contributed by atoms with Gasteiger partial charge in [0.25, 0.3) is 5.91 Å². The lowest BCUT2D eigenvalue weighted by Gasteiger charge is -2.31. The van der Waals surface area contributed by atoms with Crippen LogP contribution in [0.2, 0.25) is 0 Å². The second kappa shape index (κ2) is 7.80. The Kier molecular flexibility index (Phi) is 5.06. The monoisotopic (exact) mass is 380 g/mol. The molecule has 0 radical (unpaired) electrons. The number of carbonyl (C=O) groups is 1. The summed E-state index contributed by atoms with van der Waals surface area (Å²) in [4.78, 5) is 18.9. The molecule has 1 N–H and O–H groups in total. The van der Waals surface area contributed by atoms with Crippen LogP contribution in [0.4, 0.5) is 4.39 Å². The molecule has 3 aromatic rings. The van der Waals surface area contributed by atoms with Gasteiger partial charge in [-0.3, -0.25) is 9.89 Å². The van der Waals surface area contributed by atoms with Gasteiger partial charge in [0, 0.05) is 43.3 Å². The number of halogens is 1. The van der Waals surface area contributed by atoms with Gasteiger partial charge in [0.1, 0.15) is 17.6 Å². The number of likely N-dealkylation sites (tertiary alicyclic amines) is 1. The van der Waals surface area contributed by atoms with Crippen LogP contribution in [0.5, 0.6) is 5.88 Å².